The van der Waals surface area contributed by atoms with E-state index in [1.54, 1.807) is 7.11 Å². The second kappa shape index (κ2) is 31.5. The van der Waals surface area contributed by atoms with Crippen molar-refractivity contribution in [2.24, 2.45) is 0 Å². The van der Waals surface area contributed by atoms with Crippen molar-refractivity contribution < 1.29 is 56.8 Å². The smallest absolute Gasteiger partial charge is 0.187 e. The van der Waals surface area contributed by atoms with Gasteiger partial charge < -0.3 is 56.8 Å². The van der Waals surface area contributed by atoms with Crippen molar-refractivity contribution in [3.8, 4) is 0 Å². The van der Waals surface area contributed by atoms with Crippen LogP contribution in [0.4, 0.5) is 0 Å². The molecule has 430 valence electrons. The third-order valence-electron chi connectivity index (χ3n) is 14.7. The van der Waals surface area contributed by atoms with Crippen molar-refractivity contribution in [1.82, 2.24) is 0 Å². The van der Waals surface area contributed by atoms with Gasteiger partial charge in [0.2, 0.25) is 0 Å². The zero-order chi connectivity index (χ0) is 56.7. The third-order valence-corrected chi connectivity index (χ3v) is 14.7. The lowest BCUT2D eigenvalue weighted by Gasteiger charge is -2.46. The average Bonchev–Trinajstić information content (AvgIpc) is 3.73. The van der Waals surface area contributed by atoms with Gasteiger partial charge >= 0.3 is 0 Å². The molecule has 83 heavy (non-hydrogen) atoms. The van der Waals surface area contributed by atoms with E-state index in [-0.39, 0.29) is 33.0 Å². The van der Waals surface area contributed by atoms with E-state index in [0.29, 0.717) is 38.8 Å². The highest BCUT2D eigenvalue weighted by Gasteiger charge is 2.51. The minimum atomic E-state index is -0.947. The van der Waals surface area contributed by atoms with Crippen LogP contribution in [-0.2, 0) is 110 Å². The van der Waals surface area contributed by atoms with E-state index in [4.69, 9.17) is 56.8 Å². The zero-order valence-electron chi connectivity index (χ0n) is 47.0. The van der Waals surface area contributed by atoms with Crippen LogP contribution in [0.25, 0.3) is 5.76 Å². The van der Waals surface area contributed by atoms with E-state index in [1.165, 1.54) is 0 Å². The Morgan fingerprint density at radius 1 is 0.325 bits per heavy atom. The Balaban J connectivity index is 0.909. The minimum absolute atomic E-state index is 0.0422. The third kappa shape index (κ3) is 17.2. The molecule has 2 saturated heterocycles. The maximum absolute atomic E-state index is 7.06. The highest BCUT2D eigenvalue weighted by molar-refractivity contribution is 5.61. The molecule has 0 bridgehead atoms. The van der Waals surface area contributed by atoms with Crippen molar-refractivity contribution in [3.63, 3.8) is 0 Å². The van der Waals surface area contributed by atoms with Crippen LogP contribution in [-0.4, -0.2) is 81.7 Å². The van der Waals surface area contributed by atoms with Crippen LogP contribution in [0.3, 0.4) is 0 Å². The lowest BCUT2D eigenvalue weighted by Crippen LogP contribution is -2.61. The molecule has 0 aliphatic carbocycles. The lowest BCUT2D eigenvalue weighted by molar-refractivity contribution is -0.330. The van der Waals surface area contributed by atoms with Gasteiger partial charge in [0.05, 0.1) is 59.5 Å². The largest absolute Gasteiger partial charge is 0.491 e. The summed E-state index contributed by atoms with van der Waals surface area (Å²) in [5, 5.41) is 0. The second-order valence-electron chi connectivity index (χ2n) is 20.6. The summed E-state index contributed by atoms with van der Waals surface area (Å²) < 4.78 is 81.4. The van der Waals surface area contributed by atoms with Gasteiger partial charge in [0, 0.05) is 12.7 Å². The van der Waals surface area contributed by atoms with Crippen molar-refractivity contribution in [3.05, 3.63) is 293 Å². The monoisotopic (exact) mass is 1120 g/mol. The van der Waals surface area contributed by atoms with Crippen molar-refractivity contribution in [2.45, 2.75) is 114 Å². The molecule has 2 aliphatic rings. The van der Waals surface area contributed by atoms with Crippen LogP contribution < -0.4 is 0 Å². The summed E-state index contributed by atoms with van der Waals surface area (Å²) in [6, 6.07) is 78.3. The fraction of sp³-hybridized carbons (Fsp3) is 0.296. The fourth-order valence-electron chi connectivity index (χ4n) is 10.3. The molecule has 8 aromatic rings. The van der Waals surface area contributed by atoms with E-state index in [1.807, 2.05) is 237 Å². The van der Waals surface area contributed by atoms with Gasteiger partial charge in [-0.2, -0.15) is 0 Å². The quantitative estimate of drug-likeness (QED) is 0.0400. The first kappa shape index (κ1) is 59.0. The molecule has 0 spiro atoms. The molecule has 12 nitrogen and oxygen atoms in total. The molecule has 0 unspecified atom stereocenters. The Morgan fingerprint density at radius 3 is 1.04 bits per heavy atom. The molecular weight excluding hydrogens is 1040 g/mol. The Labute approximate surface area is 488 Å². The Kier molecular flexibility index (Phi) is 22.4. The molecule has 0 N–H and O–H groups in total. The summed E-state index contributed by atoms with van der Waals surface area (Å²) in [5.74, 6) is 0.403. The summed E-state index contributed by atoms with van der Waals surface area (Å²) in [7, 11) is 1.61. The number of benzene rings is 8. The summed E-state index contributed by atoms with van der Waals surface area (Å²) >= 11 is 0. The summed E-state index contributed by atoms with van der Waals surface area (Å²) in [6.07, 6.45) is -7.16. The van der Waals surface area contributed by atoms with E-state index < -0.39 is 61.4 Å². The molecule has 8 aromatic carbocycles. The van der Waals surface area contributed by atoms with Gasteiger partial charge in [-0.25, -0.2) is 0 Å². The summed E-state index contributed by atoms with van der Waals surface area (Å²) in [4.78, 5) is 0. The molecule has 2 aliphatic heterocycles. The van der Waals surface area contributed by atoms with Crippen LogP contribution in [0.2, 0.25) is 0 Å². The van der Waals surface area contributed by atoms with E-state index in [2.05, 4.69) is 6.58 Å². The van der Waals surface area contributed by atoms with Crippen LogP contribution in [0.5, 0.6) is 0 Å². The first-order chi connectivity index (χ1) is 41.0. The van der Waals surface area contributed by atoms with Crippen molar-refractivity contribution >= 4 is 5.76 Å². The van der Waals surface area contributed by atoms with Gasteiger partial charge in [-0.1, -0.05) is 243 Å². The van der Waals surface area contributed by atoms with Crippen LogP contribution in [0.1, 0.15) is 50.1 Å². The average molecular weight is 1120 g/mol. The molecule has 10 atom stereocenters. The first-order valence-corrected chi connectivity index (χ1v) is 28.4. The molecule has 2 fully saturated rings. The van der Waals surface area contributed by atoms with E-state index in [0.717, 1.165) is 50.1 Å². The van der Waals surface area contributed by atoms with Gasteiger partial charge in [-0.3, -0.25) is 0 Å². The fourth-order valence-corrected chi connectivity index (χ4v) is 10.3. The number of hydrogen-bond donors (Lipinski definition) is 0. The van der Waals surface area contributed by atoms with Crippen molar-refractivity contribution in [1.29, 1.82) is 0 Å². The Bertz CT molecular complexity index is 3090. The van der Waals surface area contributed by atoms with E-state index >= 15 is 0 Å². The number of methoxy groups -OCH3 is 1. The topological polar surface area (TPSA) is 111 Å². The molecule has 2 heterocycles. The lowest BCUT2D eigenvalue weighted by atomic mass is 9.97. The van der Waals surface area contributed by atoms with Gasteiger partial charge in [0.15, 0.2) is 12.6 Å². The predicted molar refractivity (Wildman–Crippen MR) is 317 cm³/mol. The number of hydrogen-bond acceptors (Lipinski definition) is 12. The molecule has 0 radical (unpaired) electrons. The maximum atomic E-state index is 7.06. The number of ether oxygens (including phenoxy) is 12. The molecule has 12 heteroatoms. The van der Waals surface area contributed by atoms with Gasteiger partial charge in [-0.15, -0.1) is 0 Å². The second-order valence-corrected chi connectivity index (χ2v) is 20.6. The Hall–Kier alpha value is -7.14. The van der Waals surface area contributed by atoms with Crippen LogP contribution in [0, 0.1) is 0 Å². The zero-order valence-corrected chi connectivity index (χ0v) is 47.0. The summed E-state index contributed by atoms with van der Waals surface area (Å²) in [6.45, 7) is 6.96. The normalized spacial score (nSPS) is 22.4. The maximum Gasteiger partial charge on any atom is 0.187 e. The van der Waals surface area contributed by atoms with Crippen LogP contribution >= 0.6 is 0 Å². The predicted octanol–water partition coefficient (Wildman–Crippen LogP) is 13.0. The standard InChI is InChI=1S/C71H74O12/c1-52(74-51-63-65(76-44-55-30-14-5-15-31-55)66(77-45-56-32-16-6-17-33-56)68(70(72-2)82-63)79-47-58-36-20-8-21-37-58)61-41-25-24-40-60(61)49-81-71-69(80-48-59-38-22-9-23-39-59)67(78-46-57-34-18-7-19-35-57)64(75-43-54-28-12-4-13-29-54)62(83-71)50-73-42-53-26-10-3-11-27-53/h3-41,62-71H,1,42-51H2,2H3/t62-,63-,64-,65-,66+,67+,68-,69-,70+,71+/m1/s1. The number of rotatable bonds is 30. The molecule has 0 aromatic heterocycles. The molecule has 10 rings (SSSR count). The van der Waals surface area contributed by atoms with Gasteiger partial charge in [-0.05, 0) is 44.5 Å². The Morgan fingerprint density at radius 2 is 0.639 bits per heavy atom. The first-order valence-electron chi connectivity index (χ1n) is 28.4. The van der Waals surface area contributed by atoms with Gasteiger partial charge in [0.1, 0.15) is 61.2 Å². The molecule has 0 saturated carbocycles. The van der Waals surface area contributed by atoms with Crippen LogP contribution in [0.15, 0.2) is 243 Å². The van der Waals surface area contributed by atoms with Gasteiger partial charge in [0.25, 0.3) is 0 Å². The summed E-state index contributed by atoms with van der Waals surface area (Å²) in [5.41, 5.74) is 8.56. The van der Waals surface area contributed by atoms with Crippen molar-refractivity contribution in [2.75, 3.05) is 20.3 Å². The highest BCUT2D eigenvalue weighted by Crippen LogP contribution is 2.35. The SMILES string of the molecule is C=C(OC[C@H]1O[C@H](OC)[C@H](OCc2ccccc2)[C@@H](OCc2ccccc2)[C@@H]1OCc1ccccc1)c1ccccc1CO[C@H]1O[C@H](COCc2ccccc2)[C@@H](OCc2ccccc2)[C@H](OCc2ccccc2)[C@H]1OCc1ccccc1. The minimum Gasteiger partial charge on any atom is -0.491 e. The molecule has 0 amide bonds. The van der Waals surface area contributed by atoms with E-state index in [9.17, 15) is 0 Å². The highest BCUT2D eigenvalue weighted by atomic mass is 16.7. The molecular formula is C71H74O12.